The Kier molecular flexibility index (Phi) is 5.33. The number of carbonyl (C=O) groups is 1. The van der Waals surface area contributed by atoms with Gasteiger partial charge in [-0.15, -0.1) is 16.4 Å². The standard InChI is InChI=1S/C22H22FN7O2S/c1-3-16-20(28(2)21-26-17(12-33-21)13-4-6-14(23)7-5-13)30-18(25-16)8-9-19(27-30)29-10-15(11-29)24-22(31)32/h4-9,12,15,24H,3,10-11H2,1-2H3,(H,31,32). The summed E-state index contributed by atoms with van der Waals surface area (Å²) in [6, 6.07) is 10.0. The maximum absolute atomic E-state index is 13.3. The van der Waals surface area contributed by atoms with Crippen LogP contribution in [0.15, 0.2) is 41.8 Å². The smallest absolute Gasteiger partial charge is 0.405 e. The Balaban J connectivity index is 1.45. The van der Waals surface area contributed by atoms with E-state index in [1.54, 1.807) is 12.1 Å². The lowest BCUT2D eigenvalue weighted by Crippen LogP contribution is -2.59. The molecule has 11 heteroatoms. The summed E-state index contributed by atoms with van der Waals surface area (Å²) in [5.74, 6) is 1.31. The number of hydrogen-bond donors (Lipinski definition) is 2. The number of amides is 1. The molecule has 4 heterocycles. The van der Waals surface area contributed by atoms with Crippen LogP contribution in [0, 0.1) is 5.82 Å². The van der Waals surface area contributed by atoms with Crippen molar-refractivity contribution in [3.05, 3.63) is 53.3 Å². The topological polar surface area (TPSA) is 98.9 Å². The number of aryl methyl sites for hydroxylation is 1. The highest BCUT2D eigenvalue weighted by Gasteiger charge is 2.30. The summed E-state index contributed by atoms with van der Waals surface area (Å²) >= 11 is 1.49. The molecule has 1 amide bonds. The average Bonchev–Trinajstić information content (AvgIpc) is 3.40. The molecule has 0 aliphatic carbocycles. The molecule has 2 N–H and O–H groups in total. The van der Waals surface area contributed by atoms with Crippen LogP contribution >= 0.6 is 11.3 Å². The fraction of sp³-hybridized carbons (Fsp3) is 0.273. The summed E-state index contributed by atoms with van der Waals surface area (Å²) in [7, 11) is 1.93. The van der Waals surface area contributed by atoms with Crippen molar-refractivity contribution in [2.75, 3.05) is 29.9 Å². The van der Waals surface area contributed by atoms with Gasteiger partial charge in [-0.1, -0.05) is 6.92 Å². The normalized spacial score (nSPS) is 13.8. The van der Waals surface area contributed by atoms with E-state index in [-0.39, 0.29) is 11.9 Å². The van der Waals surface area contributed by atoms with Crippen LogP contribution in [-0.2, 0) is 6.42 Å². The van der Waals surface area contributed by atoms with Gasteiger partial charge in [0.2, 0.25) is 0 Å². The molecule has 0 radical (unpaired) electrons. The summed E-state index contributed by atoms with van der Waals surface area (Å²) in [6.07, 6.45) is -0.291. The fourth-order valence-corrected chi connectivity index (χ4v) is 4.69. The van der Waals surface area contributed by atoms with Gasteiger partial charge in [-0.05, 0) is 42.8 Å². The largest absolute Gasteiger partial charge is 0.465 e. The van der Waals surface area contributed by atoms with Crippen LogP contribution in [0.1, 0.15) is 12.6 Å². The Morgan fingerprint density at radius 3 is 2.70 bits per heavy atom. The zero-order valence-electron chi connectivity index (χ0n) is 18.1. The molecular formula is C22H22FN7O2S. The Morgan fingerprint density at radius 2 is 2.00 bits per heavy atom. The summed E-state index contributed by atoms with van der Waals surface area (Å²) in [4.78, 5) is 24.3. The fourth-order valence-electron chi connectivity index (χ4n) is 3.89. The van der Waals surface area contributed by atoms with Crippen LogP contribution in [-0.4, -0.2) is 57.0 Å². The first-order chi connectivity index (χ1) is 15.9. The Hall–Kier alpha value is -3.73. The number of nitrogens with zero attached hydrogens (tertiary/aromatic N) is 6. The second-order valence-electron chi connectivity index (χ2n) is 7.83. The number of carboxylic acid groups (broad SMARTS) is 1. The van der Waals surface area contributed by atoms with Gasteiger partial charge in [0, 0.05) is 31.1 Å². The van der Waals surface area contributed by atoms with Crippen molar-refractivity contribution in [1.82, 2.24) is 24.9 Å². The highest BCUT2D eigenvalue weighted by molar-refractivity contribution is 7.14. The molecule has 33 heavy (non-hydrogen) atoms. The van der Waals surface area contributed by atoms with Crippen LogP contribution in [0.25, 0.3) is 16.9 Å². The van der Waals surface area contributed by atoms with Crippen molar-refractivity contribution in [2.24, 2.45) is 0 Å². The van der Waals surface area contributed by atoms with Crippen LogP contribution in [0.2, 0.25) is 0 Å². The molecule has 0 spiro atoms. The van der Waals surface area contributed by atoms with Gasteiger partial charge in [0.15, 0.2) is 16.6 Å². The molecule has 0 unspecified atom stereocenters. The maximum Gasteiger partial charge on any atom is 0.405 e. The third-order valence-electron chi connectivity index (χ3n) is 5.61. The minimum atomic E-state index is -1.02. The Bertz CT molecular complexity index is 1310. The zero-order valence-corrected chi connectivity index (χ0v) is 18.9. The quantitative estimate of drug-likeness (QED) is 0.445. The van der Waals surface area contributed by atoms with E-state index in [9.17, 15) is 9.18 Å². The SMILES string of the molecule is CCc1nc2ccc(N3CC(NC(=O)O)C3)nn2c1N(C)c1nc(-c2ccc(F)cc2)cs1. The number of rotatable bonds is 6. The third kappa shape index (κ3) is 3.95. The maximum atomic E-state index is 13.3. The number of anilines is 3. The first kappa shape index (κ1) is 21.1. The predicted octanol–water partition coefficient (Wildman–Crippen LogP) is 3.78. The van der Waals surface area contributed by atoms with Gasteiger partial charge in [-0.2, -0.15) is 4.52 Å². The summed E-state index contributed by atoms with van der Waals surface area (Å²) in [5.41, 5.74) is 3.26. The molecule has 1 fully saturated rings. The molecule has 1 aliphatic heterocycles. The highest BCUT2D eigenvalue weighted by atomic mass is 32.1. The molecule has 4 aromatic rings. The van der Waals surface area contributed by atoms with E-state index in [2.05, 4.69) is 5.32 Å². The number of nitrogens with one attached hydrogen (secondary N) is 1. The van der Waals surface area contributed by atoms with Crippen molar-refractivity contribution in [2.45, 2.75) is 19.4 Å². The van der Waals surface area contributed by atoms with Crippen molar-refractivity contribution in [1.29, 1.82) is 0 Å². The van der Waals surface area contributed by atoms with Gasteiger partial charge in [0.05, 0.1) is 17.4 Å². The third-order valence-corrected chi connectivity index (χ3v) is 6.53. The number of halogens is 1. The number of imidazole rings is 1. The molecule has 0 atom stereocenters. The van der Waals surface area contributed by atoms with E-state index in [1.807, 2.05) is 45.8 Å². The van der Waals surface area contributed by atoms with Crippen molar-refractivity contribution in [3.63, 3.8) is 0 Å². The minimum Gasteiger partial charge on any atom is -0.465 e. The van der Waals surface area contributed by atoms with Crippen molar-refractivity contribution in [3.8, 4) is 11.3 Å². The summed E-state index contributed by atoms with van der Waals surface area (Å²) in [6.45, 7) is 3.18. The molecule has 1 saturated heterocycles. The van der Waals surface area contributed by atoms with Crippen LogP contribution in [0.3, 0.4) is 0 Å². The first-order valence-corrected chi connectivity index (χ1v) is 11.4. The number of fused-ring (bicyclic) bond motifs is 1. The molecule has 9 nitrogen and oxygen atoms in total. The monoisotopic (exact) mass is 467 g/mol. The van der Waals surface area contributed by atoms with Gasteiger partial charge in [-0.25, -0.2) is 19.2 Å². The van der Waals surface area contributed by atoms with Gasteiger partial charge in [0.1, 0.15) is 11.6 Å². The molecule has 170 valence electrons. The Labute approximate surface area is 193 Å². The lowest BCUT2D eigenvalue weighted by molar-refractivity contribution is 0.187. The molecule has 0 saturated carbocycles. The van der Waals surface area contributed by atoms with E-state index in [1.165, 1.54) is 23.5 Å². The Morgan fingerprint density at radius 1 is 1.24 bits per heavy atom. The molecule has 1 aliphatic rings. The summed E-state index contributed by atoms with van der Waals surface area (Å²) < 4.78 is 15.1. The summed E-state index contributed by atoms with van der Waals surface area (Å²) in [5, 5.41) is 18.9. The van der Waals surface area contributed by atoms with Crippen LogP contribution in [0.5, 0.6) is 0 Å². The van der Waals surface area contributed by atoms with Crippen molar-refractivity contribution < 1.29 is 14.3 Å². The molecular weight excluding hydrogens is 445 g/mol. The molecule has 5 rings (SSSR count). The van der Waals surface area contributed by atoms with Gasteiger partial charge < -0.3 is 20.2 Å². The number of thiazole rings is 1. The number of benzene rings is 1. The van der Waals surface area contributed by atoms with E-state index in [4.69, 9.17) is 20.2 Å². The van der Waals surface area contributed by atoms with Crippen molar-refractivity contribution >= 4 is 39.8 Å². The average molecular weight is 468 g/mol. The zero-order chi connectivity index (χ0) is 23.1. The predicted molar refractivity (Wildman–Crippen MR) is 125 cm³/mol. The molecule has 0 bridgehead atoms. The minimum absolute atomic E-state index is 0.101. The lowest BCUT2D eigenvalue weighted by atomic mass is 10.1. The van der Waals surface area contributed by atoms with Gasteiger partial charge in [-0.3, -0.25) is 0 Å². The van der Waals surface area contributed by atoms with E-state index < -0.39 is 6.09 Å². The first-order valence-electron chi connectivity index (χ1n) is 10.5. The molecule has 3 aromatic heterocycles. The van der Waals surface area contributed by atoms with Gasteiger partial charge >= 0.3 is 6.09 Å². The number of hydrogen-bond acceptors (Lipinski definition) is 7. The molecule has 1 aromatic carbocycles. The van der Waals surface area contributed by atoms with E-state index in [0.29, 0.717) is 13.1 Å². The second-order valence-corrected chi connectivity index (χ2v) is 8.67. The van der Waals surface area contributed by atoms with E-state index in [0.717, 1.165) is 45.8 Å². The van der Waals surface area contributed by atoms with Crippen LogP contribution < -0.4 is 15.1 Å². The highest BCUT2D eigenvalue weighted by Crippen LogP contribution is 2.34. The van der Waals surface area contributed by atoms with Gasteiger partial charge in [0.25, 0.3) is 0 Å². The van der Waals surface area contributed by atoms with Crippen LogP contribution in [0.4, 0.5) is 26.0 Å². The number of aromatic nitrogens is 4. The second kappa shape index (κ2) is 8.32. The van der Waals surface area contributed by atoms with E-state index >= 15 is 0 Å². The lowest BCUT2D eigenvalue weighted by Gasteiger charge is -2.39.